The number of hydrogen-bond donors (Lipinski definition) is 4. The van der Waals surface area contributed by atoms with E-state index in [0.29, 0.717) is 5.56 Å². The third-order valence-corrected chi connectivity index (χ3v) is 4.28. The summed E-state index contributed by atoms with van der Waals surface area (Å²) >= 11 is 3.54. The Morgan fingerprint density at radius 1 is 1.14 bits per heavy atom. The van der Waals surface area contributed by atoms with Crippen LogP contribution in [-0.4, -0.2) is 34.6 Å². The van der Waals surface area contributed by atoms with Crippen molar-refractivity contribution in [1.82, 2.24) is 0 Å². The molecule has 0 heterocycles. The van der Waals surface area contributed by atoms with Crippen LogP contribution in [-0.2, 0) is 0 Å². The van der Waals surface area contributed by atoms with Crippen LogP contribution in [0.4, 0.5) is 5.69 Å². The molecule has 0 aliphatic heterocycles. The van der Waals surface area contributed by atoms with Gasteiger partial charge < -0.3 is 20.6 Å². The monoisotopic (exact) mass is 351 g/mol. The van der Waals surface area contributed by atoms with E-state index in [0.717, 1.165) is 21.3 Å². The first-order valence-corrected chi connectivity index (χ1v) is 7.44. The molecule has 1 unspecified atom stereocenters. The molecule has 2 aromatic carbocycles. The van der Waals surface area contributed by atoms with Crippen molar-refractivity contribution in [3.63, 3.8) is 0 Å². The minimum absolute atomic E-state index is 0.194. The van der Waals surface area contributed by atoms with E-state index in [1.54, 1.807) is 12.1 Å². The van der Waals surface area contributed by atoms with E-state index in [1.807, 2.05) is 31.2 Å². The average Bonchev–Trinajstić information content (AvgIpc) is 2.49. The number of hydrogen-bond acceptors (Lipinski definition) is 4. The summed E-state index contributed by atoms with van der Waals surface area (Å²) in [4.78, 5) is 0. The van der Waals surface area contributed by atoms with Crippen molar-refractivity contribution in [3.05, 3.63) is 46.4 Å². The average molecular weight is 352 g/mol. The van der Waals surface area contributed by atoms with Gasteiger partial charge in [0.15, 0.2) is 0 Å². The number of anilines is 1. The van der Waals surface area contributed by atoms with Crippen LogP contribution >= 0.6 is 15.9 Å². The summed E-state index contributed by atoms with van der Waals surface area (Å²) in [6.45, 7) is 1.88. The van der Waals surface area contributed by atoms with Crippen molar-refractivity contribution in [1.29, 1.82) is 0 Å². The molecule has 4 N–H and O–H groups in total. The summed E-state index contributed by atoms with van der Waals surface area (Å²) in [5.74, 6) is 0.194. The quantitative estimate of drug-likeness (QED) is 0.668. The maximum Gasteiger partial charge on any atom is 0.123 e. The number of halogens is 1. The lowest BCUT2D eigenvalue weighted by molar-refractivity contribution is 0.105. The molecule has 0 aliphatic rings. The Balaban J connectivity index is 2.46. The van der Waals surface area contributed by atoms with Gasteiger partial charge >= 0.3 is 0 Å². The Morgan fingerprint density at radius 2 is 1.86 bits per heavy atom. The molecule has 0 fully saturated rings. The van der Waals surface area contributed by atoms with Gasteiger partial charge in [0.05, 0.1) is 18.4 Å². The number of para-hydroxylation sites is 1. The number of benzene rings is 2. The molecule has 0 bridgehead atoms. The third kappa shape index (κ3) is 3.56. The van der Waals surface area contributed by atoms with Gasteiger partial charge in [0.2, 0.25) is 0 Å². The highest BCUT2D eigenvalue weighted by Crippen LogP contribution is 2.39. The van der Waals surface area contributed by atoms with Crippen LogP contribution in [0.3, 0.4) is 0 Å². The molecular weight excluding hydrogens is 334 g/mol. The van der Waals surface area contributed by atoms with Crippen molar-refractivity contribution < 1.29 is 15.3 Å². The smallest absolute Gasteiger partial charge is 0.123 e. The summed E-state index contributed by atoms with van der Waals surface area (Å²) < 4.78 is 0.869. The summed E-state index contributed by atoms with van der Waals surface area (Å²) in [7, 11) is 0. The first kappa shape index (κ1) is 15.8. The van der Waals surface area contributed by atoms with Gasteiger partial charge in [-0.05, 0) is 34.5 Å². The van der Waals surface area contributed by atoms with Crippen molar-refractivity contribution in [2.45, 2.75) is 13.0 Å². The van der Waals surface area contributed by atoms with Crippen LogP contribution in [0.2, 0.25) is 0 Å². The lowest BCUT2D eigenvalue weighted by Crippen LogP contribution is -2.23. The molecule has 2 rings (SSSR count). The van der Waals surface area contributed by atoms with Crippen LogP contribution in [0.15, 0.2) is 40.9 Å². The van der Waals surface area contributed by atoms with Crippen LogP contribution in [0.5, 0.6) is 5.75 Å². The highest BCUT2D eigenvalue weighted by Gasteiger charge is 2.14. The van der Waals surface area contributed by atoms with Crippen LogP contribution in [0.1, 0.15) is 5.56 Å². The zero-order chi connectivity index (χ0) is 15.4. The van der Waals surface area contributed by atoms with Gasteiger partial charge in [-0.15, -0.1) is 0 Å². The molecule has 0 spiro atoms. The van der Waals surface area contributed by atoms with E-state index in [1.165, 1.54) is 0 Å². The molecule has 0 radical (unpaired) electrons. The Morgan fingerprint density at radius 3 is 2.52 bits per heavy atom. The highest BCUT2D eigenvalue weighted by atomic mass is 79.9. The van der Waals surface area contributed by atoms with Gasteiger partial charge in [-0.2, -0.15) is 0 Å². The topological polar surface area (TPSA) is 72.7 Å². The number of rotatable bonds is 5. The fourth-order valence-electron chi connectivity index (χ4n) is 2.06. The lowest BCUT2D eigenvalue weighted by Gasteiger charge is -2.18. The maximum atomic E-state index is 10.0. The van der Waals surface area contributed by atoms with Gasteiger partial charge in [-0.3, -0.25) is 0 Å². The second-order valence-electron chi connectivity index (χ2n) is 4.85. The minimum atomic E-state index is -0.838. The Labute approximate surface area is 132 Å². The predicted octanol–water partition coefficient (Wildman–Crippen LogP) is 2.90. The summed E-state index contributed by atoms with van der Waals surface area (Å²) in [6, 6.07) is 11.0. The number of nitrogens with one attached hydrogen (secondary N) is 1. The van der Waals surface area contributed by atoms with Crippen molar-refractivity contribution >= 4 is 21.6 Å². The highest BCUT2D eigenvalue weighted by molar-refractivity contribution is 9.10. The normalized spacial score (nSPS) is 12.2. The Kier molecular flexibility index (Phi) is 5.22. The molecule has 0 aliphatic carbocycles. The van der Waals surface area contributed by atoms with Crippen molar-refractivity contribution in [2.75, 3.05) is 18.5 Å². The van der Waals surface area contributed by atoms with E-state index in [4.69, 9.17) is 5.11 Å². The molecular formula is C16H18BrNO3. The molecule has 1 atom stereocenters. The largest absolute Gasteiger partial charge is 0.507 e. The SMILES string of the molecule is Cc1ccc(-c2ccccc2O)c(NCC(O)CO)c1Br. The standard InChI is InChI=1S/C16H18BrNO3/c1-10-6-7-13(12-4-2-3-5-14(12)21)16(15(10)17)18-8-11(20)9-19/h2-7,11,18-21H,8-9H2,1H3. The van der Waals surface area contributed by atoms with Gasteiger partial charge in [-0.1, -0.05) is 30.3 Å². The molecule has 0 saturated carbocycles. The number of aliphatic hydroxyl groups is 2. The first-order valence-electron chi connectivity index (χ1n) is 6.65. The van der Waals surface area contributed by atoms with Crippen LogP contribution in [0, 0.1) is 6.92 Å². The van der Waals surface area contributed by atoms with E-state index < -0.39 is 6.10 Å². The van der Waals surface area contributed by atoms with Gasteiger partial charge in [0.25, 0.3) is 0 Å². The lowest BCUT2D eigenvalue weighted by atomic mass is 10.0. The Hall–Kier alpha value is -1.56. The minimum Gasteiger partial charge on any atom is -0.507 e. The van der Waals surface area contributed by atoms with Gasteiger partial charge in [0, 0.05) is 22.1 Å². The second kappa shape index (κ2) is 6.93. The second-order valence-corrected chi connectivity index (χ2v) is 5.65. The maximum absolute atomic E-state index is 10.0. The zero-order valence-electron chi connectivity index (χ0n) is 11.7. The molecule has 2 aromatic rings. The molecule has 0 aromatic heterocycles. The molecule has 112 valence electrons. The van der Waals surface area contributed by atoms with Crippen LogP contribution < -0.4 is 5.32 Å². The number of aliphatic hydroxyl groups excluding tert-OH is 2. The van der Waals surface area contributed by atoms with Gasteiger partial charge in [0.1, 0.15) is 5.75 Å². The molecule has 4 nitrogen and oxygen atoms in total. The molecule has 5 heteroatoms. The fourth-order valence-corrected chi connectivity index (χ4v) is 2.55. The first-order chi connectivity index (χ1) is 10.0. The van der Waals surface area contributed by atoms with Crippen LogP contribution in [0.25, 0.3) is 11.1 Å². The Bertz CT molecular complexity index is 631. The molecule has 0 saturated heterocycles. The summed E-state index contributed by atoms with van der Waals surface area (Å²) in [5.41, 5.74) is 3.36. The number of aryl methyl sites for hydroxylation is 1. The number of aromatic hydroxyl groups is 1. The summed E-state index contributed by atoms with van der Waals surface area (Å²) in [5, 5.41) is 31.6. The predicted molar refractivity (Wildman–Crippen MR) is 87.6 cm³/mol. The number of phenolic OH excluding ortho intramolecular Hbond substituents is 1. The molecule has 0 amide bonds. The summed E-state index contributed by atoms with van der Waals surface area (Å²) in [6.07, 6.45) is -0.838. The van der Waals surface area contributed by atoms with E-state index in [-0.39, 0.29) is 18.9 Å². The van der Waals surface area contributed by atoms with E-state index in [9.17, 15) is 10.2 Å². The van der Waals surface area contributed by atoms with Gasteiger partial charge in [-0.25, -0.2) is 0 Å². The zero-order valence-corrected chi connectivity index (χ0v) is 13.3. The van der Waals surface area contributed by atoms with E-state index >= 15 is 0 Å². The number of phenols is 1. The fraction of sp³-hybridized carbons (Fsp3) is 0.250. The molecule has 21 heavy (non-hydrogen) atoms. The van der Waals surface area contributed by atoms with E-state index in [2.05, 4.69) is 21.2 Å². The third-order valence-electron chi connectivity index (χ3n) is 3.25. The van der Waals surface area contributed by atoms with Crippen molar-refractivity contribution in [3.8, 4) is 16.9 Å². The van der Waals surface area contributed by atoms with Crippen molar-refractivity contribution in [2.24, 2.45) is 0 Å².